The first-order valence-corrected chi connectivity index (χ1v) is 9.68. The highest BCUT2D eigenvalue weighted by atomic mass is 32.2. The van der Waals surface area contributed by atoms with E-state index in [2.05, 4.69) is 15.5 Å². The number of nitrogens with one attached hydrogen (secondary N) is 1. The van der Waals surface area contributed by atoms with E-state index in [1.165, 1.54) is 25.5 Å². The first-order valence-electron chi connectivity index (χ1n) is 8.80. The summed E-state index contributed by atoms with van der Waals surface area (Å²) < 4.78 is 24.1. The molecular formula is C20H18FN3O5S. The second-order valence-corrected chi connectivity index (χ2v) is 7.36. The molecule has 1 atom stereocenters. The number of amides is 1. The van der Waals surface area contributed by atoms with Crippen LogP contribution >= 0.6 is 11.8 Å². The Balaban J connectivity index is 1.66. The van der Waals surface area contributed by atoms with Crippen LogP contribution < -0.4 is 14.8 Å². The highest BCUT2D eigenvalue weighted by Gasteiger charge is 2.32. The number of hydrogen-bond donors (Lipinski definition) is 2. The normalized spacial score (nSPS) is 17.3. The van der Waals surface area contributed by atoms with Gasteiger partial charge >= 0.3 is 5.97 Å². The van der Waals surface area contributed by atoms with Crippen molar-refractivity contribution in [1.29, 1.82) is 0 Å². The van der Waals surface area contributed by atoms with Gasteiger partial charge in [-0.2, -0.15) is 5.10 Å². The number of carbonyl (C=O) groups is 2. The van der Waals surface area contributed by atoms with Gasteiger partial charge in [-0.3, -0.25) is 9.59 Å². The predicted octanol–water partition coefficient (Wildman–Crippen LogP) is 2.81. The number of carbonyl (C=O) groups excluding carboxylic acids is 1. The lowest BCUT2D eigenvalue weighted by Crippen LogP contribution is -2.26. The topological polar surface area (TPSA) is 110 Å². The standard InChI is InChI=1S/C20H18FN3O5S/c1-28-15-7-4-13(8-16(15)29-11-12-2-5-14(21)6-3-12)10-22-24-20-23-19(27)17(30-20)9-18(25)26/h2-8,10,17H,9,11H2,1H3,(H,25,26)(H,23,24,27). The molecule has 0 bridgehead atoms. The molecule has 156 valence electrons. The summed E-state index contributed by atoms with van der Waals surface area (Å²) in [5.41, 5.74) is 1.47. The monoisotopic (exact) mass is 431 g/mol. The lowest BCUT2D eigenvalue weighted by atomic mass is 10.2. The van der Waals surface area contributed by atoms with Gasteiger partial charge in [0.15, 0.2) is 16.7 Å². The molecule has 1 fully saturated rings. The van der Waals surface area contributed by atoms with Gasteiger partial charge in [-0.25, -0.2) is 4.39 Å². The van der Waals surface area contributed by atoms with Gasteiger partial charge in [-0.1, -0.05) is 23.9 Å². The van der Waals surface area contributed by atoms with E-state index in [4.69, 9.17) is 14.6 Å². The lowest BCUT2D eigenvalue weighted by Gasteiger charge is -2.11. The van der Waals surface area contributed by atoms with Crippen molar-refractivity contribution in [3.63, 3.8) is 0 Å². The highest BCUT2D eigenvalue weighted by Crippen LogP contribution is 2.28. The molecule has 2 N–H and O–H groups in total. The number of nitrogens with zero attached hydrogens (tertiary/aromatic N) is 2. The SMILES string of the molecule is COc1ccc(C=NN=C2NC(=O)C(CC(=O)O)S2)cc1OCc1ccc(F)cc1. The molecule has 0 radical (unpaired) electrons. The highest BCUT2D eigenvalue weighted by molar-refractivity contribution is 8.15. The molecule has 1 amide bonds. The van der Waals surface area contributed by atoms with Gasteiger partial charge in [0.1, 0.15) is 17.7 Å². The molecule has 0 aliphatic carbocycles. The van der Waals surface area contributed by atoms with Gasteiger partial charge in [0.25, 0.3) is 0 Å². The van der Waals surface area contributed by atoms with E-state index in [0.29, 0.717) is 17.1 Å². The Bertz CT molecular complexity index is 994. The van der Waals surface area contributed by atoms with Crippen molar-refractivity contribution < 1.29 is 28.6 Å². The molecule has 2 aromatic carbocycles. The Labute approximate surface area is 175 Å². The van der Waals surface area contributed by atoms with E-state index in [-0.39, 0.29) is 24.0 Å². The molecule has 2 aromatic rings. The summed E-state index contributed by atoms with van der Waals surface area (Å²) >= 11 is 1.02. The fourth-order valence-electron chi connectivity index (χ4n) is 2.52. The molecule has 1 aliphatic heterocycles. The fraction of sp³-hybridized carbons (Fsp3) is 0.200. The van der Waals surface area contributed by atoms with Crippen LogP contribution in [0.5, 0.6) is 11.5 Å². The summed E-state index contributed by atoms with van der Waals surface area (Å²) in [6.07, 6.45) is 1.18. The van der Waals surface area contributed by atoms with Crippen molar-refractivity contribution in [3.8, 4) is 11.5 Å². The molecule has 0 spiro atoms. The average molecular weight is 431 g/mol. The summed E-state index contributed by atoms with van der Waals surface area (Å²) in [6.45, 7) is 0.229. The van der Waals surface area contributed by atoms with E-state index < -0.39 is 17.1 Å². The maximum Gasteiger partial charge on any atom is 0.305 e. The first kappa shape index (κ1) is 21.3. The van der Waals surface area contributed by atoms with Crippen LogP contribution in [-0.2, 0) is 16.2 Å². The average Bonchev–Trinajstić information content (AvgIpc) is 3.06. The van der Waals surface area contributed by atoms with Gasteiger partial charge in [0, 0.05) is 0 Å². The Morgan fingerprint density at radius 1 is 1.27 bits per heavy atom. The quantitative estimate of drug-likeness (QED) is 0.491. The predicted molar refractivity (Wildman–Crippen MR) is 111 cm³/mol. The zero-order valence-corrected chi connectivity index (χ0v) is 16.7. The van der Waals surface area contributed by atoms with Crippen LogP contribution in [0.25, 0.3) is 0 Å². The van der Waals surface area contributed by atoms with Crippen LogP contribution in [-0.4, -0.2) is 40.7 Å². The van der Waals surface area contributed by atoms with E-state index >= 15 is 0 Å². The number of carboxylic acids is 1. The van der Waals surface area contributed by atoms with Crippen LogP contribution in [0.1, 0.15) is 17.5 Å². The van der Waals surface area contributed by atoms with Crippen molar-refractivity contribution >= 4 is 35.0 Å². The van der Waals surface area contributed by atoms with Crippen molar-refractivity contribution in [3.05, 3.63) is 59.4 Å². The molecule has 30 heavy (non-hydrogen) atoms. The zero-order chi connectivity index (χ0) is 21.5. The second-order valence-electron chi connectivity index (χ2n) is 6.17. The Morgan fingerprint density at radius 2 is 2.03 bits per heavy atom. The van der Waals surface area contributed by atoms with Crippen LogP contribution in [0.15, 0.2) is 52.7 Å². The minimum atomic E-state index is -1.06. The minimum Gasteiger partial charge on any atom is -0.493 e. The number of aliphatic carboxylic acids is 1. The maximum atomic E-state index is 13.0. The fourth-order valence-corrected chi connectivity index (χ4v) is 3.44. The number of thioether (sulfide) groups is 1. The van der Waals surface area contributed by atoms with Crippen molar-refractivity contribution in [1.82, 2.24) is 5.32 Å². The van der Waals surface area contributed by atoms with Crippen LogP contribution in [0, 0.1) is 5.82 Å². The molecule has 1 saturated heterocycles. The van der Waals surface area contributed by atoms with Gasteiger partial charge in [-0.05, 0) is 41.5 Å². The van der Waals surface area contributed by atoms with E-state index in [9.17, 15) is 14.0 Å². The molecule has 1 aliphatic rings. The third-order valence-electron chi connectivity index (χ3n) is 3.99. The summed E-state index contributed by atoms with van der Waals surface area (Å²) in [5, 5.41) is 18.7. The number of methoxy groups -OCH3 is 1. The number of rotatable bonds is 8. The summed E-state index contributed by atoms with van der Waals surface area (Å²) in [6, 6.07) is 11.2. The maximum absolute atomic E-state index is 13.0. The summed E-state index contributed by atoms with van der Waals surface area (Å²) in [4.78, 5) is 22.4. The molecule has 0 aromatic heterocycles. The Hall–Kier alpha value is -3.40. The Morgan fingerprint density at radius 3 is 2.73 bits per heavy atom. The lowest BCUT2D eigenvalue weighted by molar-refractivity contribution is -0.138. The summed E-state index contributed by atoms with van der Waals surface area (Å²) in [5.74, 6) is -0.780. The van der Waals surface area contributed by atoms with Gasteiger partial charge in [0.2, 0.25) is 5.91 Å². The van der Waals surface area contributed by atoms with E-state index in [1.54, 1.807) is 30.3 Å². The van der Waals surface area contributed by atoms with Crippen molar-refractivity contribution in [2.24, 2.45) is 10.2 Å². The number of amidine groups is 1. The smallest absolute Gasteiger partial charge is 0.305 e. The molecule has 0 saturated carbocycles. The number of benzene rings is 2. The summed E-state index contributed by atoms with van der Waals surface area (Å²) in [7, 11) is 1.52. The first-order chi connectivity index (χ1) is 14.4. The van der Waals surface area contributed by atoms with Crippen LogP contribution in [0.4, 0.5) is 4.39 Å². The van der Waals surface area contributed by atoms with Crippen LogP contribution in [0.3, 0.4) is 0 Å². The van der Waals surface area contributed by atoms with E-state index in [1.807, 2.05) is 0 Å². The molecule has 1 unspecified atom stereocenters. The molecule has 1 heterocycles. The number of hydrogen-bond acceptors (Lipinski definition) is 7. The third kappa shape index (κ3) is 5.80. The van der Waals surface area contributed by atoms with Gasteiger partial charge in [0.05, 0.1) is 19.7 Å². The Kier molecular flexibility index (Phi) is 7.02. The molecule has 10 heteroatoms. The number of carboxylic acid groups (broad SMARTS) is 1. The number of halogens is 1. The van der Waals surface area contributed by atoms with Crippen molar-refractivity contribution in [2.45, 2.75) is 18.3 Å². The van der Waals surface area contributed by atoms with Gasteiger partial charge < -0.3 is 19.9 Å². The largest absolute Gasteiger partial charge is 0.493 e. The zero-order valence-electron chi connectivity index (χ0n) is 15.9. The molecule has 8 nitrogen and oxygen atoms in total. The molecule has 3 rings (SSSR count). The van der Waals surface area contributed by atoms with Crippen LogP contribution in [0.2, 0.25) is 0 Å². The molecular weight excluding hydrogens is 413 g/mol. The third-order valence-corrected chi connectivity index (χ3v) is 5.06. The van der Waals surface area contributed by atoms with Crippen molar-refractivity contribution in [2.75, 3.05) is 7.11 Å². The second kappa shape index (κ2) is 9.88. The van der Waals surface area contributed by atoms with E-state index in [0.717, 1.165) is 17.3 Å². The number of ether oxygens (including phenoxy) is 2. The minimum absolute atomic E-state index is 0.229. The van der Waals surface area contributed by atoms with Gasteiger partial charge in [-0.15, -0.1) is 5.10 Å².